The Bertz CT molecular complexity index is 1760. The van der Waals surface area contributed by atoms with Crippen molar-refractivity contribution < 1.29 is 32.6 Å². The zero-order chi connectivity index (χ0) is 35.9. The predicted molar refractivity (Wildman–Crippen MR) is 191 cm³/mol. The van der Waals surface area contributed by atoms with Crippen LogP contribution in [0, 0.1) is 6.92 Å². The standard InChI is InChI=1S/C15H11BrF3N.C8H7BrO.C7H6F3N.C7H8.H2/c1-10(11-6-8-12(16)9-7-11)20-14-5-3-2-4-13(14)15(17,18)19;1-6(10)7-2-4-8(9)5-3-7;8-7(9,10)5-3-1-2-4-6(5)11;1-7-5-3-2-4-6-7;/h2-9H,1H3;2-5H,1H3;1-4H,11H2;2-6H,1H3;1H/i;;;;1+1. The van der Waals surface area contributed by atoms with Gasteiger partial charge in [0.1, 0.15) is 0 Å². The second kappa shape index (κ2) is 18.9. The fourth-order valence-electron chi connectivity index (χ4n) is 3.72. The van der Waals surface area contributed by atoms with Crippen LogP contribution in [-0.2, 0) is 12.4 Å². The van der Waals surface area contributed by atoms with Crippen molar-refractivity contribution >= 4 is 54.7 Å². The van der Waals surface area contributed by atoms with Crippen molar-refractivity contribution in [1.29, 1.82) is 0 Å². The number of carbonyl (C=O) groups is 1. The summed E-state index contributed by atoms with van der Waals surface area (Å²) in [6.07, 6.45) is -8.74. The van der Waals surface area contributed by atoms with Crippen LogP contribution in [0.3, 0.4) is 0 Å². The number of hydrogen-bond acceptors (Lipinski definition) is 3. The summed E-state index contributed by atoms with van der Waals surface area (Å²) in [7, 11) is 0. The normalized spacial score (nSPS) is 11.1. The quantitative estimate of drug-likeness (QED) is 0.0856. The van der Waals surface area contributed by atoms with Gasteiger partial charge in [0, 0.05) is 27.3 Å². The van der Waals surface area contributed by atoms with E-state index in [4.69, 9.17) is 5.73 Å². The number of carbonyl (C=O) groups excluding carboxylic acids is 1. The molecule has 0 aromatic heterocycles. The van der Waals surface area contributed by atoms with Gasteiger partial charge in [-0.2, -0.15) is 26.3 Å². The molecule has 0 saturated heterocycles. The van der Waals surface area contributed by atoms with E-state index in [1.165, 1.54) is 35.9 Å². The first-order chi connectivity index (χ1) is 22.5. The highest BCUT2D eigenvalue weighted by molar-refractivity contribution is 9.10. The van der Waals surface area contributed by atoms with Crippen LogP contribution >= 0.6 is 31.9 Å². The van der Waals surface area contributed by atoms with Gasteiger partial charge in [-0.3, -0.25) is 9.79 Å². The van der Waals surface area contributed by atoms with Crippen LogP contribution in [0.2, 0.25) is 0 Å². The smallest absolute Gasteiger partial charge is 0.398 e. The number of nitrogens with zero attached hydrogens (tertiary/aromatic N) is 1. The molecule has 0 aliphatic carbocycles. The average Bonchev–Trinajstić information content (AvgIpc) is 3.02. The fourth-order valence-corrected chi connectivity index (χ4v) is 4.25. The Morgan fingerprint density at radius 2 is 1.02 bits per heavy atom. The van der Waals surface area contributed by atoms with Gasteiger partial charge in [0.05, 0.1) is 16.8 Å². The molecule has 11 heteroatoms. The van der Waals surface area contributed by atoms with Gasteiger partial charge in [-0.05, 0) is 74.9 Å². The summed E-state index contributed by atoms with van der Waals surface area (Å²) in [6, 6.07) is 35.1. The molecule has 5 aromatic rings. The first kappa shape index (κ1) is 40.0. The third kappa shape index (κ3) is 14.3. The van der Waals surface area contributed by atoms with Gasteiger partial charge >= 0.3 is 12.4 Å². The van der Waals surface area contributed by atoms with Gasteiger partial charge in [0.15, 0.2) is 5.78 Å². The molecule has 3 nitrogen and oxygen atoms in total. The van der Waals surface area contributed by atoms with E-state index in [2.05, 4.69) is 55.9 Å². The molecule has 0 bridgehead atoms. The number of aliphatic imine (C=N–C) groups is 1. The lowest BCUT2D eigenvalue weighted by Crippen LogP contribution is -2.07. The second-order valence-electron chi connectivity index (χ2n) is 10.0. The molecule has 5 aromatic carbocycles. The number of hydrogen-bond donors (Lipinski definition) is 1. The third-order valence-electron chi connectivity index (χ3n) is 6.22. The molecule has 0 heterocycles. The van der Waals surface area contributed by atoms with Gasteiger partial charge in [0.25, 0.3) is 0 Å². The van der Waals surface area contributed by atoms with Crippen molar-refractivity contribution in [2.45, 2.75) is 33.1 Å². The lowest BCUT2D eigenvalue weighted by Gasteiger charge is -2.10. The SMILES string of the molecule is CC(=Nc1ccccc1C(F)(F)F)c1ccc(Br)cc1.CC(=O)c1ccc(Br)cc1.Cc1ccccc1.Nc1ccccc1C(F)(F)F.[2HH]. The summed E-state index contributed by atoms with van der Waals surface area (Å²) >= 11 is 6.59. The summed E-state index contributed by atoms with van der Waals surface area (Å²) in [5, 5.41) is 0. The molecule has 0 radical (unpaired) electrons. The average molecular weight is 797 g/mol. The molecular formula is C37H34Br2F6N2O. The second-order valence-corrected chi connectivity index (χ2v) is 11.9. The highest BCUT2D eigenvalue weighted by Crippen LogP contribution is 2.36. The number of alkyl halides is 6. The number of anilines is 1. The van der Waals surface area contributed by atoms with E-state index in [9.17, 15) is 31.1 Å². The summed E-state index contributed by atoms with van der Waals surface area (Å²) in [6.45, 7) is 5.33. The van der Waals surface area contributed by atoms with E-state index in [0.29, 0.717) is 5.71 Å². The van der Waals surface area contributed by atoms with Crippen molar-refractivity contribution in [2.75, 3.05) is 5.73 Å². The van der Waals surface area contributed by atoms with Crippen molar-refractivity contribution in [3.63, 3.8) is 0 Å². The highest BCUT2D eigenvalue weighted by Gasteiger charge is 2.33. The summed E-state index contributed by atoms with van der Waals surface area (Å²) < 4.78 is 76.4. The van der Waals surface area contributed by atoms with Gasteiger partial charge in [-0.15, -0.1) is 0 Å². The van der Waals surface area contributed by atoms with E-state index < -0.39 is 23.5 Å². The summed E-state index contributed by atoms with van der Waals surface area (Å²) in [5.41, 5.74) is 6.67. The molecule has 0 saturated carbocycles. The number of benzene rings is 5. The first-order valence-electron chi connectivity index (χ1n) is 14.2. The molecule has 0 spiro atoms. The maximum atomic E-state index is 12.9. The van der Waals surface area contributed by atoms with E-state index in [1.807, 2.05) is 42.5 Å². The van der Waals surface area contributed by atoms with Crippen LogP contribution in [0.15, 0.2) is 141 Å². The number of aryl methyl sites for hydroxylation is 1. The van der Waals surface area contributed by atoms with Crippen LogP contribution < -0.4 is 5.73 Å². The van der Waals surface area contributed by atoms with Crippen molar-refractivity contribution in [2.24, 2.45) is 4.99 Å². The number of para-hydroxylation sites is 2. The monoisotopic (exact) mass is 795 g/mol. The lowest BCUT2D eigenvalue weighted by atomic mass is 10.1. The van der Waals surface area contributed by atoms with Crippen LogP contribution in [-0.4, -0.2) is 11.5 Å². The topological polar surface area (TPSA) is 55.5 Å². The van der Waals surface area contributed by atoms with E-state index in [-0.39, 0.29) is 18.6 Å². The zero-order valence-corrected chi connectivity index (χ0v) is 29.3. The Labute approximate surface area is 294 Å². The van der Waals surface area contributed by atoms with E-state index >= 15 is 0 Å². The van der Waals surface area contributed by atoms with Crippen LogP contribution in [0.1, 0.15) is 47.9 Å². The van der Waals surface area contributed by atoms with Gasteiger partial charge in [0.2, 0.25) is 0 Å². The Balaban J connectivity index is 0.000000352. The van der Waals surface area contributed by atoms with Crippen molar-refractivity contribution in [3.05, 3.63) is 164 Å². The molecule has 0 aliphatic rings. The largest absolute Gasteiger partial charge is 0.418 e. The number of Topliss-reactive ketones (excluding diaryl/α,β-unsaturated/α-hetero) is 1. The Morgan fingerprint density at radius 1 is 0.604 bits per heavy atom. The number of ketones is 1. The third-order valence-corrected chi connectivity index (χ3v) is 7.27. The van der Waals surface area contributed by atoms with E-state index in [0.717, 1.165) is 32.2 Å². The molecule has 0 atom stereocenters. The number of halogens is 8. The maximum Gasteiger partial charge on any atom is 0.418 e. The van der Waals surface area contributed by atoms with Gasteiger partial charge in [-0.25, -0.2) is 0 Å². The molecule has 0 fully saturated rings. The Kier molecular flexibility index (Phi) is 15.8. The number of rotatable bonds is 3. The summed E-state index contributed by atoms with van der Waals surface area (Å²) in [4.78, 5) is 14.8. The zero-order valence-electron chi connectivity index (χ0n) is 26.1. The first-order valence-corrected chi connectivity index (χ1v) is 15.7. The molecular weight excluding hydrogens is 762 g/mol. The van der Waals surface area contributed by atoms with Crippen molar-refractivity contribution in [1.82, 2.24) is 0 Å². The minimum atomic E-state index is -4.40. The predicted octanol–water partition coefficient (Wildman–Crippen LogP) is 12.8. The van der Waals surface area contributed by atoms with Crippen LogP contribution in [0.4, 0.5) is 37.7 Å². The number of nitrogens with two attached hydrogens (primary N) is 1. The number of nitrogen functional groups attached to an aromatic ring is 1. The van der Waals surface area contributed by atoms with Gasteiger partial charge < -0.3 is 5.73 Å². The molecule has 48 heavy (non-hydrogen) atoms. The molecule has 2 N–H and O–H groups in total. The highest BCUT2D eigenvalue weighted by atomic mass is 79.9. The van der Waals surface area contributed by atoms with Crippen molar-refractivity contribution in [3.8, 4) is 0 Å². The fraction of sp³-hybridized carbons (Fsp3) is 0.135. The van der Waals surface area contributed by atoms with E-state index in [1.54, 1.807) is 44.2 Å². The maximum absolute atomic E-state index is 12.9. The Hall–Kier alpha value is -4.22. The van der Waals surface area contributed by atoms with Crippen LogP contribution in [0.5, 0.6) is 0 Å². The molecule has 0 unspecified atom stereocenters. The van der Waals surface area contributed by atoms with Gasteiger partial charge in [-0.1, -0.05) is 116 Å². The van der Waals surface area contributed by atoms with Crippen LogP contribution in [0.25, 0.3) is 0 Å². The summed E-state index contributed by atoms with van der Waals surface area (Å²) in [5.74, 6) is 0.104. The lowest BCUT2D eigenvalue weighted by molar-refractivity contribution is -0.137. The Morgan fingerprint density at radius 3 is 1.42 bits per heavy atom. The molecule has 0 aliphatic heterocycles. The minimum absolute atomic E-state index is 0. The molecule has 254 valence electrons. The minimum Gasteiger partial charge on any atom is -0.398 e. The molecule has 5 rings (SSSR count). The molecule has 0 amide bonds.